The third kappa shape index (κ3) is 6.77. The average molecular weight is 504 g/mol. The first-order valence-corrected chi connectivity index (χ1v) is 12.5. The first-order valence-electron chi connectivity index (χ1n) is 11.9. The molecule has 0 spiro atoms. The molecule has 36 heavy (non-hydrogen) atoms. The molecule has 0 bridgehead atoms. The van der Waals surface area contributed by atoms with Crippen molar-refractivity contribution < 1.29 is 8.78 Å². The lowest BCUT2D eigenvalue weighted by atomic mass is 9.80. The number of hydrogen-bond acceptors (Lipinski definition) is 3. The molecule has 0 saturated heterocycles. The highest BCUT2D eigenvalue weighted by atomic mass is 31.0. The maximum atomic E-state index is 13.8. The number of pyridine rings is 1. The van der Waals surface area contributed by atoms with Crippen molar-refractivity contribution in [1.29, 1.82) is 0 Å². The third-order valence-corrected chi connectivity index (χ3v) is 5.92. The van der Waals surface area contributed by atoms with Crippen molar-refractivity contribution in [1.82, 2.24) is 10.3 Å². The zero-order valence-electron chi connectivity index (χ0n) is 20.6. The number of rotatable bonds is 9. The van der Waals surface area contributed by atoms with Crippen LogP contribution >= 0.6 is 9.24 Å². The molecule has 3 aromatic carbocycles. The Morgan fingerprint density at radius 3 is 2.06 bits per heavy atom. The summed E-state index contributed by atoms with van der Waals surface area (Å²) < 4.78 is 27.6. The van der Waals surface area contributed by atoms with Crippen molar-refractivity contribution in [2.24, 2.45) is 0 Å². The summed E-state index contributed by atoms with van der Waals surface area (Å²) in [4.78, 5) is 4.70. The maximum absolute atomic E-state index is 13.8. The van der Waals surface area contributed by atoms with E-state index < -0.39 is 11.2 Å². The van der Waals surface area contributed by atoms with Gasteiger partial charge in [-0.1, -0.05) is 109 Å². The predicted octanol–water partition coefficient (Wildman–Crippen LogP) is 7.69. The molecule has 0 aliphatic carbocycles. The largest absolute Gasteiger partial charge is 0.357 e. The van der Waals surface area contributed by atoms with E-state index >= 15 is 0 Å². The Hall–Kier alpha value is -3.56. The van der Waals surface area contributed by atoms with Gasteiger partial charge in [0.1, 0.15) is 5.54 Å². The van der Waals surface area contributed by atoms with Gasteiger partial charge in [0.25, 0.3) is 5.66 Å². The summed E-state index contributed by atoms with van der Waals surface area (Å²) in [6.45, 7) is 8.18. The third-order valence-electron chi connectivity index (χ3n) is 5.59. The van der Waals surface area contributed by atoms with Gasteiger partial charge in [0.2, 0.25) is 0 Å². The summed E-state index contributed by atoms with van der Waals surface area (Å²) in [5.41, 5.74) is -0.415. The summed E-state index contributed by atoms with van der Waals surface area (Å²) in [6, 6.07) is 32.1. The fourth-order valence-corrected chi connectivity index (χ4v) is 4.21. The number of anilines is 1. The standard InChI is InChI=1S/C28H26F2N3P.C2H6/c1-21(32-25-16-10-15-24(19-25)28(29,30)34)33-27(23-13-6-3-7-14-23,26-17-8-9-18-31-26)20-22-11-4-2-5-12-22;1-2/h2-19,32-33H,1,20,34H2;1-2H3. The number of alkyl halides is 2. The summed E-state index contributed by atoms with van der Waals surface area (Å²) in [6.07, 6.45) is 2.36. The molecule has 3 nitrogen and oxygen atoms in total. The van der Waals surface area contributed by atoms with Gasteiger partial charge in [-0.2, -0.15) is 8.78 Å². The zero-order valence-corrected chi connectivity index (χ0v) is 21.7. The molecule has 0 amide bonds. The molecule has 0 aliphatic rings. The first kappa shape index (κ1) is 27.0. The Morgan fingerprint density at radius 1 is 0.833 bits per heavy atom. The number of benzene rings is 3. The second kappa shape index (κ2) is 12.4. The second-order valence-electron chi connectivity index (χ2n) is 8.08. The van der Waals surface area contributed by atoms with Gasteiger partial charge in [-0.05, 0) is 35.4 Å². The van der Waals surface area contributed by atoms with E-state index in [1.54, 1.807) is 27.6 Å². The van der Waals surface area contributed by atoms with Crippen LogP contribution in [0.4, 0.5) is 14.5 Å². The van der Waals surface area contributed by atoms with Gasteiger partial charge in [0.05, 0.1) is 11.5 Å². The predicted molar refractivity (Wildman–Crippen MR) is 149 cm³/mol. The van der Waals surface area contributed by atoms with Gasteiger partial charge < -0.3 is 10.6 Å². The zero-order chi connectivity index (χ0) is 26.0. The lowest BCUT2D eigenvalue weighted by Gasteiger charge is -2.37. The minimum absolute atomic E-state index is 0.0985. The lowest BCUT2D eigenvalue weighted by Crippen LogP contribution is -2.46. The number of halogens is 2. The van der Waals surface area contributed by atoms with E-state index in [9.17, 15) is 8.78 Å². The molecule has 0 radical (unpaired) electrons. The normalized spacial score (nSPS) is 12.5. The Labute approximate surface area is 214 Å². The molecule has 0 fully saturated rings. The highest BCUT2D eigenvalue weighted by molar-refractivity contribution is 7.17. The van der Waals surface area contributed by atoms with Crippen LogP contribution in [0.2, 0.25) is 0 Å². The smallest absolute Gasteiger partial charge is 0.283 e. The minimum Gasteiger partial charge on any atom is -0.357 e. The Morgan fingerprint density at radius 2 is 1.44 bits per heavy atom. The molecular formula is C30H32F2N3P. The van der Waals surface area contributed by atoms with Crippen molar-refractivity contribution >= 4 is 14.9 Å². The van der Waals surface area contributed by atoms with E-state index in [0.717, 1.165) is 16.8 Å². The lowest BCUT2D eigenvalue weighted by molar-refractivity contribution is 0.104. The van der Waals surface area contributed by atoms with Gasteiger partial charge in [-0.15, -0.1) is 0 Å². The summed E-state index contributed by atoms with van der Waals surface area (Å²) >= 11 is 0. The van der Waals surface area contributed by atoms with Crippen molar-refractivity contribution in [3.63, 3.8) is 0 Å². The van der Waals surface area contributed by atoms with Gasteiger partial charge in [0, 0.05) is 23.9 Å². The number of aromatic nitrogens is 1. The van der Waals surface area contributed by atoms with Crippen molar-refractivity contribution in [2.75, 3.05) is 5.32 Å². The molecule has 2 atom stereocenters. The Bertz CT molecular complexity index is 1190. The van der Waals surface area contributed by atoms with Crippen LogP contribution in [0.5, 0.6) is 0 Å². The topological polar surface area (TPSA) is 37.0 Å². The molecule has 2 unspecified atom stereocenters. The van der Waals surface area contributed by atoms with Crippen molar-refractivity contribution in [3.05, 3.63) is 144 Å². The first-order chi connectivity index (χ1) is 17.4. The monoisotopic (exact) mass is 503 g/mol. The molecule has 0 aliphatic heterocycles. The van der Waals surface area contributed by atoms with Crippen LogP contribution in [0.3, 0.4) is 0 Å². The van der Waals surface area contributed by atoms with Crippen LogP contribution in [-0.2, 0) is 17.6 Å². The summed E-state index contributed by atoms with van der Waals surface area (Å²) in [7, 11) is 1.57. The second-order valence-corrected chi connectivity index (χ2v) is 8.81. The van der Waals surface area contributed by atoms with Crippen LogP contribution < -0.4 is 10.6 Å². The van der Waals surface area contributed by atoms with Gasteiger partial charge in [0.15, 0.2) is 0 Å². The van der Waals surface area contributed by atoms with E-state index in [4.69, 9.17) is 4.98 Å². The maximum Gasteiger partial charge on any atom is 0.283 e. The van der Waals surface area contributed by atoms with Crippen LogP contribution in [0, 0.1) is 0 Å². The van der Waals surface area contributed by atoms with Crippen LogP contribution in [0.25, 0.3) is 0 Å². The summed E-state index contributed by atoms with van der Waals surface area (Å²) in [5, 5.41) is 6.72. The number of nitrogens with one attached hydrogen (secondary N) is 2. The molecule has 4 aromatic rings. The van der Waals surface area contributed by atoms with E-state index in [1.165, 1.54) is 12.1 Å². The molecule has 4 rings (SSSR count). The minimum atomic E-state index is -3.01. The average Bonchev–Trinajstić information content (AvgIpc) is 2.91. The van der Waals surface area contributed by atoms with Crippen LogP contribution in [-0.4, -0.2) is 4.98 Å². The molecule has 0 saturated carbocycles. The molecular weight excluding hydrogens is 471 g/mol. The molecule has 6 heteroatoms. The van der Waals surface area contributed by atoms with E-state index in [2.05, 4.69) is 29.3 Å². The van der Waals surface area contributed by atoms with Crippen LogP contribution in [0.15, 0.2) is 122 Å². The number of hydrogen-bond donors (Lipinski definition) is 2. The van der Waals surface area contributed by atoms with Crippen molar-refractivity contribution in [2.45, 2.75) is 31.5 Å². The van der Waals surface area contributed by atoms with Gasteiger partial charge in [-0.3, -0.25) is 4.98 Å². The molecule has 1 heterocycles. The highest BCUT2D eigenvalue weighted by Crippen LogP contribution is 2.36. The molecule has 1 aromatic heterocycles. The van der Waals surface area contributed by atoms with E-state index in [0.29, 0.717) is 17.9 Å². The van der Waals surface area contributed by atoms with Gasteiger partial charge >= 0.3 is 0 Å². The Kier molecular flexibility index (Phi) is 9.32. The Balaban J connectivity index is 0.00000176. The fourth-order valence-electron chi connectivity index (χ4n) is 4.03. The van der Waals surface area contributed by atoms with Crippen molar-refractivity contribution in [3.8, 4) is 0 Å². The van der Waals surface area contributed by atoms with Crippen LogP contribution in [0.1, 0.15) is 36.2 Å². The SMILES string of the molecule is C=C(Nc1cccc(C(F)(F)P)c1)NC(Cc1ccccc1)(c1ccccc1)c1ccccn1.CC. The molecule has 2 N–H and O–H groups in total. The number of nitrogens with zero attached hydrogens (tertiary/aromatic N) is 1. The van der Waals surface area contributed by atoms with Gasteiger partial charge in [-0.25, -0.2) is 0 Å². The highest BCUT2D eigenvalue weighted by Gasteiger charge is 2.36. The fraction of sp³-hybridized carbons (Fsp3) is 0.167. The quantitative estimate of drug-likeness (QED) is 0.230. The molecule has 186 valence electrons. The van der Waals surface area contributed by atoms with E-state index in [1.807, 2.05) is 80.6 Å². The summed E-state index contributed by atoms with van der Waals surface area (Å²) in [5.74, 6) is 0.467. The van der Waals surface area contributed by atoms with E-state index in [-0.39, 0.29) is 5.56 Å².